The van der Waals surface area contributed by atoms with E-state index in [0.29, 0.717) is 0 Å². The molecule has 0 unspecified atom stereocenters. The second-order valence-electron chi connectivity index (χ2n) is 4.72. The topological polar surface area (TPSA) is 98.6 Å². The van der Waals surface area contributed by atoms with Crippen LogP contribution in [0, 0.1) is 11.3 Å². The highest BCUT2D eigenvalue weighted by Crippen LogP contribution is 2.22. The standard InChI is InChI=1S/C13H13ClN4O2S/c1-8(2)12-6-13(17-16-12)18-21(19,20)10-4-3-9(7-15)11(14)5-10/h3-6,8H,1-2H3,(H2,16,17,18). The van der Waals surface area contributed by atoms with Gasteiger partial charge in [0.15, 0.2) is 5.82 Å². The van der Waals surface area contributed by atoms with Gasteiger partial charge in [-0.1, -0.05) is 25.4 Å². The molecule has 0 aliphatic rings. The smallest absolute Gasteiger partial charge is 0.263 e. The van der Waals surface area contributed by atoms with Crippen LogP contribution in [0.1, 0.15) is 31.0 Å². The molecular formula is C13H13ClN4O2S. The molecule has 21 heavy (non-hydrogen) atoms. The number of nitriles is 1. The van der Waals surface area contributed by atoms with Gasteiger partial charge in [0.2, 0.25) is 0 Å². The van der Waals surface area contributed by atoms with Crippen molar-refractivity contribution in [1.82, 2.24) is 10.2 Å². The molecule has 1 aromatic carbocycles. The van der Waals surface area contributed by atoms with Gasteiger partial charge >= 0.3 is 0 Å². The Balaban J connectivity index is 2.29. The number of H-pyrrole nitrogens is 1. The Morgan fingerprint density at radius 2 is 2.10 bits per heavy atom. The number of aromatic amines is 1. The van der Waals surface area contributed by atoms with Crippen molar-refractivity contribution < 1.29 is 8.42 Å². The lowest BCUT2D eigenvalue weighted by Gasteiger charge is -2.06. The third-order valence-electron chi connectivity index (χ3n) is 2.83. The number of sulfonamides is 1. The number of rotatable bonds is 4. The maximum atomic E-state index is 12.2. The first-order valence-electron chi connectivity index (χ1n) is 6.11. The van der Waals surface area contributed by atoms with Crippen LogP contribution in [-0.2, 0) is 10.0 Å². The van der Waals surface area contributed by atoms with E-state index in [1.165, 1.54) is 18.2 Å². The molecule has 8 heteroatoms. The average molecular weight is 325 g/mol. The maximum Gasteiger partial charge on any atom is 0.263 e. The van der Waals surface area contributed by atoms with E-state index in [4.69, 9.17) is 16.9 Å². The molecule has 2 N–H and O–H groups in total. The molecule has 0 aliphatic carbocycles. The van der Waals surface area contributed by atoms with Gasteiger partial charge in [-0.2, -0.15) is 10.4 Å². The van der Waals surface area contributed by atoms with Gasteiger partial charge in [-0.3, -0.25) is 9.82 Å². The summed E-state index contributed by atoms with van der Waals surface area (Å²) >= 11 is 5.85. The van der Waals surface area contributed by atoms with E-state index in [-0.39, 0.29) is 27.2 Å². The first-order chi connectivity index (χ1) is 9.83. The van der Waals surface area contributed by atoms with Crippen LogP contribution in [-0.4, -0.2) is 18.6 Å². The summed E-state index contributed by atoms with van der Waals surface area (Å²) in [6.45, 7) is 3.93. The zero-order valence-corrected chi connectivity index (χ0v) is 13.0. The van der Waals surface area contributed by atoms with E-state index in [0.717, 1.165) is 5.69 Å². The van der Waals surface area contributed by atoms with E-state index in [1.54, 1.807) is 6.07 Å². The van der Waals surface area contributed by atoms with Crippen molar-refractivity contribution in [3.63, 3.8) is 0 Å². The predicted molar refractivity (Wildman–Crippen MR) is 79.7 cm³/mol. The van der Waals surface area contributed by atoms with Crippen LogP contribution in [0.5, 0.6) is 0 Å². The lowest BCUT2D eigenvalue weighted by Crippen LogP contribution is -2.13. The lowest BCUT2D eigenvalue weighted by atomic mass is 10.1. The second kappa shape index (κ2) is 5.76. The molecule has 1 aromatic heterocycles. The largest absolute Gasteiger partial charge is 0.280 e. The highest BCUT2D eigenvalue weighted by molar-refractivity contribution is 7.92. The number of halogens is 1. The molecule has 0 radical (unpaired) electrons. The third kappa shape index (κ3) is 3.35. The van der Waals surface area contributed by atoms with Crippen LogP contribution < -0.4 is 4.72 Å². The highest BCUT2D eigenvalue weighted by atomic mass is 35.5. The molecule has 0 atom stereocenters. The summed E-state index contributed by atoms with van der Waals surface area (Å²) in [5, 5.41) is 15.5. The van der Waals surface area contributed by atoms with Crippen LogP contribution in [0.3, 0.4) is 0 Å². The van der Waals surface area contributed by atoms with Crippen LogP contribution in [0.4, 0.5) is 5.82 Å². The van der Waals surface area contributed by atoms with Crippen molar-refractivity contribution in [3.8, 4) is 6.07 Å². The maximum absolute atomic E-state index is 12.2. The Hall–Kier alpha value is -2.04. The molecule has 0 fully saturated rings. The zero-order chi connectivity index (χ0) is 15.6. The van der Waals surface area contributed by atoms with Gasteiger partial charge in [0.1, 0.15) is 6.07 Å². The molecule has 0 aliphatic heterocycles. The van der Waals surface area contributed by atoms with Crippen molar-refractivity contribution >= 4 is 27.4 Å². The molecule has 0 amide bonds. The third-order valence-corrected chi connectivity index (χ3v) is 4.50. The van der Waals surface area contributed by atoms with E-state index in [1.807, 2.05) is 19.9 Å². The van der Waals surface area contributed by atoms with Gasteiger partial charge in [0.05, 0.1) is 15.5 Å². The highest BCUT2D eigenvalue weighted by Gasteiger charge is 2.17. The number of hydrogen-bond acceptors (Lipinski definition) is 4. The molecule has 1 heterocycles. The van der Waals surface area contributed by atoms with Crippen LogP contribution in [0.25, 0.3) is 0 Å². The van der Waals surface area contributed by atoms with Gasteiger partial charge < -0.3 is 0 Å². The van der Waals surface area contributed by atoms with Crippen LogP contribution >= 0.6 is 11.6 Å². The predicted octanol–water partition coefficient (Wildman–Crippen LogP) is 2.86. The lowest BCUT2D eigenvalue weighted by molar-refractivity contribution is 0.601. The minimum atomic E-state index is -3.80. The van der Waals surface area contributed by atoms with Gasteiger partial charge in [-0.25, -0.2) is 8.42 Å². The monoisotopic (exact) mass is 324 g/mol. The quantitative estimate of drug-likeness (QED) is 0.903. The summed E-state index contributed by atoms with van der Waals surface area (Å²) in [4.78, 5) is -0.0272. The first kappa shape index (κ1) is 15.4. The second-order valence-corrected chi connectivity index (χ2v) is 6.81. The summed E-state index contributed by atoms with van der Waals surface area (Å²) in [7, 11) is -3.80. The molecule has 0 bridgehead atoms. The molecule has 110 valence electrons. The zero-order valence-electron chi connectivity index (χ0n) is 11.4. The Morgan fingerprint density at radius 3 is 2.62 bits per heavy atom. The Kier molecular flexibility index (Phi) is 4.21. The number of nitrogens with zero attached hydrogens (tertiary/aromatic N) is 2. The van der Waals surface area contributed by atoms with E-state index in [2.05, 4.69) is 14.9 Å². The SMILES string of the molecule is CC(C)c1cc(NS(=O)(=O)c2ccc(C#N)c(Cl)c2)n[nH]1. The summed E-state index contributed by atoms with van der Waals surface area (Å²) in [6, 6.07) is 7.43. The summed E-state index contributed by atoms with van der Waals surface area (Å²) < 4.78 is 26.8. The summed E-state index contributed by atoms with van der Waals surface area (Å²) in [5.74, 6) is 0.416. The van der Waals surface area contributed by atoms with Crippen molar-refractivity contribution in [2.24, 2.45) is 0 Å². The minimum Gasteiger partial charge on any atom is -0.280 e. The number of benzene rings is 1. The van der Waals surface area contributed by atoms with Gasteiger partial charge in [-0.15, -0.1) is 0 Å². The van der Waals surface area contributed by atoms with Crippen molar-refractivity contribution in [3.05, 3.63) is 40.5 Å². The van der Waals surface area contributed by atoms with Crippen LogP contribution in [0.2, 0.25) is 5.02 Å². The average Bonchev–Trinajstić information content (AvgIpc) is 2.86. The minimum absolute atomic E-state index is 0.0272. The Labute approximate surface area is 127 Å². The molecule has 2 aromatic rings. The molecule has 0 saturated carbocycles. The van der Waals surface area contributed by atoms with E-state index >= 15 is 0 Å². The van der Waals surface area contributed by atoms with E-state index in [9.17, 15) is 8.42 Å². The van der Waals surface area contributed by atoms with Crippen LogP contribution in [0.15, 0.2) is 29.2 Å². The number of anilines is 1. The Bertz CT molecular complexity index is 806. The van der Waals surface area contributed by atoms with Crippen molar-refractivity contribution in [2.75, 3.05) is 4.72 Å². The normalized spacial score (nSPS) is 11.4. The number of nitrogens with one attached hydrogen (secondary N) is 2. The fraction of sp³-hybridized carbons (Fsp3) is 0.231. The summed E-state index contributed by atoms with van der Waals surface area (Å²) in [6.07, 6.45) is 0. The van der Waals surface area contributed by atoms with Crippen molar-refractivity contribution in [2.45, 2.75) is 24.7 Å². The molecule has 2 rings (SSSR count). The molecule has 6 nitrogen and oxygen atoms in total. The van der Waals surface area contributed by atoms with Gasteiger partial charge in [-0.05, 0) is 24.1 Å². The molecule has 0 spiro atoms. The number of aromatic nitrogens is 2. The molecular weight excluding hydrogens is 312 g/mol. The van der Waals surface area contributed by atoms with Crippen molar-refractivity contribution in [1.29, 1.82) is 5.26 Å². The molecule has 0 saturated heterocycles. The first-order valence-corrected chi connectivity index (χ1v) is 7.97. The van der Waals surface area contributed by atoms with Gasteiger partial charge in [0, 0.05) is 11.8 Å². The fourth-order valence-corrected chi connectivity index (χ4v) is 2.94. The van der Waals surface area contributed by atoms with Gasteiger partial charge in [0.25, 0.3) is 10.0 Å². The Morgan fingerprint density at radius 1 is 1.38 bits per heavy atom. The number of hydrogen-bond donors (Lipinski definition) is 2. The fourth-order valence-electron chi connectivity index (χ4n) is 1.63. The summed E-state index contributed by atoms with van der Waals surface area (Å²) in [5.41, 5.74) is 1.04. The van der Waals surface area contributed by atoms with E-state index < -0.39 is 10.0 Å².